The Labute approximate surface area is 162 Å². The molecular formula is C20H21FN4O3. The first kappa shape index (κ1) is 19.6. The van der Waals surface area contributed by atoms with E-state index in [-0.39, 0.29) is 30.7 Å². The number of benzene rings is 1. The maximum atomic E-state index is 13.9. The predicted octanol–water partition coefficient (Wildman–Crippen LogP) is 2.00. The number of amides is 1. The number of nitrogens with zero attached hydrogens (tertiary/aromatic N) is 3. The number of pyridine rings is 1. The third-order valence-corrected chi connectivity index (χ3v) is 4.46. The van der Waals surface area contributed by atoms with Crippen molar-refractivity contribution in [2.45, 2.75) is 25.6 Å². The Morgan fingerprint density at radius 1 is 1.29 bits per heavy atom. The van der Waals surface area contributed by atoms with Crippen LogP contribution in [0, 0.1) is 17.1 Å². The van der Waals surface area contributed by atoms with Crippen LogP contribution in [0.4, 0.5) is 4.39 Å². The summed E-state index contributed by atoms with van der Waals surface area (Å²) in [5, 5.41) is 8.78. The number of halogens is 1. The fraction of sp³-hybridized carbons (Fsp3) is 0.350. The van der Waals surface area contributed by atoms with Crippen molar-refractivity contribution in [2.24, 2.45) is 5.73 Å². The van der Waals surface area contributed by atoms with Gasteiger partial charge in [-0.3, -0.25) is 9.69 Å². The molecule has 1 fully saturated rings. The van der Waals surface area contributed by atoms with Crippen molar-refractivity contribution in [2.75, 3.05) is 19.6 Å². The van der Waals surface area contributed by atoms with E-state index in [0.29, 0.717) is 17.3 Å². The molecule has 1 saturated heterocycles. The molecule has 0 radical (unpaired) electrons. The Balaban J connectivity index is 1.53. The van der Waals surface area contributed by atoms with E-state index < -0.39 is 5.82 Å². The third-order valence-electron chi connectivity index (χ3n) is 4.46. The number of likely N-dealkylation sites (tertiary alicyclic amines) is 1. The molecule has 1 amide bonds. The summed E-state index contributed by atoms with van der Waals surface area (Å²) < 4.78 is 25.4. The molecule has 8 heteroatoms. The van der Waals surface area contributed by atoms with Gasteiger partial charge in [-0.25, -0.2) is 4.39 Å². The molecule has 1 aromatic carbocycles. The third kappa shape index (κ3) is 5.41. The minimum atomic E-state index is -0.492. The maximum absolute atomic E-state index is 13.9. The summed E-state index contributed by atoms with van der Waals surface area (Å²) in [6, 6.07) is 11.3. The molecule has 1 aliphatic rings. The topological polar surface area (TPSA) is 101 Å². The molecule has 2 heterocycles. The lowest BCUT2D eigenvalue weighted by Crippen LogP contribution is -2.42. The number of aromatic nitrogens is 1. The normalized spacial score (nSPS) is 15.0. The highest BCUT2D eigenvalue weighted by Gasteiger charge is 2.21. The van der Waals surface area contributed by atoms with E-state index in [1.165, 1.54) is 12.1 Å². The highest BCUT2D eigenvalue weighted by atomic mass is 19.1. The Morgan fingerprint density at radius 2 is 2.04 bits per heavy atom. The number of hydrogen-bond acceptors (Lipinski definition) is 6. The molecule has 28 heavy (non-hydrogen) atoms. The molecule has 2 N–H and O–H groups in total. The Bertz CT molecular complexity index is 876. The number of nitrogens with two attached hydrogens (primary N) is 1. The first-order valence-corrected chi connectivity index (χ1v) is 8.99. The van der Waals surface area contributed by atoms with Crippen LogP contribution in [0.15, 0.2) is 36.4 Å². The number of nitriles is 1. The van der Waals surface area contributed by atoms with Crippen LogP contribution in [0.2, 0.25) is 0 Å². The van der Waals surface area contributed by atoms with E-state index in [2.05, 4.69) is 4.98 Å². The molecule has 0 saturated carbocycles. The maximum Gasteiger partial charge on any atom is 0.231 e. The highest BCUT2D eigenvalue weighted by Crippen LogP contribution is 2.20. The molecule has 0 aliphatic carbocycles. The molecule has 0 atom stereocenters. The second-order valence-electron chi connectivity index (χ2n) is 6.58. The Morgan fingerprint density at radius 3 is 2.71 bits per heavy atom. The van der Waals surface area contributed by atoms with E-state index in [4.69, 9.17) is 20.5 Å². The lowest BCUT2D eigenvalue weighted by atomic mass is 10.1. The van der Waals surface area contributed by atoms with Crippen LogP contribution in [0.25, 0.3) is 0 Å². The van der Waals surface area contributed by atoms with Crippen LogP contribution in [0.5, 0.6) is 11.8 Å². The smallest absolute Gasteiger partial charge is 0.231 e. The molecule has 1 aliphatic heterocycles. The van der Waals surface area contributed by atoms with Gasteiger partial charge in [-0.1, -0.05) is 12.1 Å². The fourth-order valence-electron chi connectivity index (χ4n) is 3.00. The second-order valence-corrected chi connectivity index (χ2v) is 6.58. The number of hydrogen-bond donors (Lipinski definition) is 1. The molecule has 0 spiro atoms. The van der Waals surface area contributed by atoms with Gasteiger partial charge in [0.25, 0.3) is 0 Å². The van der Waals surface area contributed by atoms with E-state index in [1.54, 1.807) is 24.3 Å². The van der Waals surface area contributed by atoms with Gasteiger partial charge in [-0.15, -0.1) is 0 Å². The zero-order valence-electron chi connectivity index (χ0n) is 15.3. The number of primary amides is 1. The van der Waals surface area contributed by atoms with Crippen molar-refractivity contribution in [3.63, 3.8) is 0 Å². The minimum absolute atomic E-state index is 0.000495. The molecule has 1 aromatic heterocycles. The summed E-state index contributed by atoms with van der Waals surface area (Å²) >= 11 is 0. The summed E-state index contributed by atoms with van der Waals surface area (Å²) in [6.45, 7) is 1.74. The molecule has 0 unspecified atom stereocenters. The predicted molar refractivity (Wildman–Crippen MR) is 99.0 cm³/mol. The molecule has 2 aromatic rings. The van der Waals surface area contributed by atoms with Gasteiger partial charge in [0, 0.05) is 30.8 Å². The number of piperidine rings is 1. The summed E-state index contributed by atoms with van der Waals surface area (Å²) in [4.78, 5) is 17.3. The van der Waals surface area contributed by atoms with Crippen molar-refractivity contribution >= 4 is 5.91 Å². The van der Waals surface area contributed by atoms with Gasteiger partial charge in [-0.05, 0) is 25.0 Å². The monoisotopic (exact) mass is 384 g/mol. The van der Waals surface area contributed by atoms with Crippen LogP contribution in [-0.4, -0.2) is 41.5 Å². The Kier molecular flexibility index (Phi) is 6.40. The lowest BCUT2D eigenvalue weighted by molar-refractivity contribution is -0.119. The minimum Gasteiger partial charge on any atom is -0.474 e. The molecule has 146 valence electrons. The number of rotatable bonds is 7. The van der Waals surface area contributed by atoms with Crippen molar-refractivity contribution in [1.82, 2.24) is 9.88 Å². The summed E-state index contributed by atoms with van der Waals surface area (Å²) in [5.41, 5.74) is 5.82. The molecular weight excluding hydrogens is 363 g/mol. The summed E-state index contributed by atoms with van der Waals surface area (Å²) in [6.07, 6.45) is 1.55. The average Bonchev–Trinajstić information content (AvgIpc) is 2.68. The molecule has 7 nitrogen and oxygen atoms in total. The van der Waals surface area contributed by atoms with Crippen LogP contribution >= 0.6 is 0 Å². The fourth-order valence-corrected chi connectivity index (χ4v) is 3.00. The van der Waals surface area contributed by atoms with Crippen molar-refractivity contribution in [1.29, 1.82) is 5.26 Å². The van der Waals surface area contributed by atoms with Gasteiger partial charge in [0.1, 0.15) is 18.5 Å². The molecule has 3 rings (SSSR count). The van der Waals surface area contributed by atoms with Gasteiger partial charge in [0.15, 0.2) is 0 Å². The van der Waals surface area contributed by atoms with Crippen LogP contribution < -0.4 is 15.2 Å². The SMILES string of the molecule is N#Cc1ccc(COc2cccc(OC3CCN(CC(N)=O)CC3)n2)c(F)c1. The first-order chi connectivity index (χ1) is 13.5. The average molecular weight is 384 g/mol. The van der Waals surface area contributed by atoms with E-state index >= 15 is 0 Å². The number of carbonyl (C=O) groups is 1. The van der Waals surface area contributed by atoms with Gasteiger partial charge < -0.3 is 15.2 Å². The summed E-state index contributed by atoms with van der Waals surface area (Å²) in [5.74, 6) is -0.0580. The lowest BCUT2D eigenvalue weighted by Gasteiger charge is -2.30. The number of ether oxygens (including phenoxy) is 2. The number of carbonyl (C=O) groups excluding carboxylic acids is 1. The van der Waals surface area contributed by atoms with Crippen LogP contribution in [0.3, 0.4) is 0 Å². The van der Waals surface area contributed by atoms with Gasteiger partial charge in [-0.2, -0.15) is 10.2 Å². The Hall–Kier alpha value is -3.18. The van der Waals surface area contributed by atoms with Crippen molar-refractivity contribution < 1.29 is 18.7 Å². The van der Waals surface area contributed by atoms with Gasteiger partial charge in [0.2, 0.25) is 17.7 Å². The van der Waals surface area contributed by atoms with Gasteiger partial charge >= 0.3 is 0 Å². The first-order valence-electron chi connectivity index (χ1n) is 8.99. The quantitative estimate of drug-likeness (QED) is 0.783. The summed E-state index contributed by atoms with van der Waals surface area (Å²) in [7, 11) is 0. The van der Waals surface area contributed by atoms with E-state index in [0.717, 1.165) is 25.9 Å². The van der Waals surface area contributed by atoms with E-state index in [9.17, 15) is 9.18 Å². The van der Waals surface area contributed by atoms with Crippen LogP contribution in [-0.2, 0) is 11.4 Å². The highest BCUT2D eigenvalue weighted by molar-refractivity contribution is 5.75. The van der Waals surface area contributed by atoms with Crippen molar-refractivity contribution in [3.8, 4) is 17.8 Å². The van der Waals surface area contributed by atoms with Crippen LogP contribution in [0.1, 0.15) is 24.0 Å². The molecule has 0 bridgehead atoms. The largest absolute Gasteiger partial charge is 0.474 e. The zero-order valence-corrected chi connectivity index (χ0v) is 15.3. The van der Waals surface area contributed by atoms with Crippen molar-refractivity contribution in [3.05, 3.63) is 53.3 Å². The second kappa shape index (κ2) is 9.15. The van der Waals surface area contributed by atoms with Gasteiger partial charge in [0.05, 0.1) is 18.2 Å². The zero-order chi connectivity index (χ0) is 19.9. The van der Waals surface area contributed by atoms with E-state index in [1.807, 2.05) is 11.0 Å². The standard InChI is InChI=1S/C20H21FN4O3/c21-17-10-14(11-22)4-5-15(17)13-27-19-2-1-3-20(24-19)28-16-6-8-25(9-7-16)12-18(23)26/h1-5,10,16H,6-9,12-13H2,(H2,23,26).